The molecular weight excluding hydrogens is 306 g/mol. The van der Waals surface area contributed by atoms with E-state index in [9.17, 15) is 14.7 Å². The lowest BCUT2D eigenvalue weighted by Crippen LogP contribution is -2.51. The molecule has 0 radical (unpaired) electrons. The number of amides is 2. The molecule has 1 saturated heterocycles. The Kier molecular flexibility index (Phi) is 7.49. The lowest BCUT2D eigenvalue weighted by Gasteiger charge is -2.37. The Bertz CT molecular complexity index is 418. The fourth-order valence-electron chi connectivity index (χ4n) is 4.00. The van der Waals surface area contributed by atoms with Gasteiger partial charge in [0.15, 0.2) is 0 Å². The highest BCUT2D eigenvalue weighted by Gasteiger charge is 2.34. The van der Waals surface area contributed by atoms with E-state index in [1.165, 1.54) is 0 Å². The monoisotopic (exact) mass is 339 g/mol. The number of piperidine rings is 1. The number of nitrogens with zero attached hydrogens (tertiary/aromatic N) is 2. The Hall–Kier alpha value is -1.14. The summed E-state index contributed by atoms with van der Waals surface area (Å²) in [6.07, 6.45) is 5.32. The average Bonchev–Trinajstić information content (AvgIpc) is 3.03. The Morgan fingerprint density at radius 2 is 1.75 bits per heavy atom. The molecule has 0 aromatic heterocycles. The second kappa shape index (κ2) is 9.37. The molecular formula is C18H33N3O3. The molecule has 2 aliphatic rings. The van der Waals surface area contributed by atoms with Crippen molar-refractivity contribution in [3.63, 3.8) is 0 Å². The van der Waals surface area contributed by atoms with E-state index in [4.69, 9.17) is 0 Å². The molecule has 24 heavy (non-hydrogen) atoms. The number of nitrogens with one attached hydrogen (secondary N) is 1. The van der Waals surface area contributed by atoms with Crippen molar-refractivity contribution >= 4 is 11.8 Å². The van der Waals surface area contributed by atoms with Crippen molar-refractivity contribution in [2.45, 2.75) is 77.0 Å². The highest BCUT2D eigenvalue weighted by atomic mass is 16.3. The van der Waals surface area contributed by atoms with Gasteiger partial charge in [-0.1, -0.05) is 0 Å². The van der Waals surface area contributed by atoms with E-state index < -0.39 is 0 Å². The number of carbonyl (C=O) groups is 2. The number of hydrogen-bond donors (Lipinski definition) is 2. The van der Waals surface area contributed by atoms with Crippen LogP contribution in [0.1, 0.15) is 58.8 Å². The molecule has 2 unspecified atom stereocenters. The minimum absolute atomic E-state index is 0.00977. The highest BCUT2D eigenvalue weighted by molar-refractivity contribution is 5.83. The third-order valence-electron chi connectivity index (χ3n) is 5.48. The van der Waals surface area contributed by atoms with Crippen molar-refractivity contribution in [2.75, 3.05) is 26.2 Å². The van der Waals surface area contributed by atoms with Gasteiger partial charge in [-0.25, -0.2) is 0 Å². The Balaban J connectivity index is 1.77. The number of likely N-dealkylation sites (tertiary alicyclic amines) is 1. The zero-order valence-electron chi connectivity index (χ0n) is 15.2. The number of aliphatic hydroxyl groups is 1. The van der Waals surface area contributed by atoms with Crippen LogP contribution in [0.2, 0.25) is 0 Å². The van der Waals surface area contributed by atoms with E-state index in [1.807, 2.05) is 13.8 Å². The zero-order chi connectivity index (χ0) is 17.5. The molecule has 1 aliphatic carbocycles. The SMILES string of the molecule is CCN(CC)C(=O)CCC(=O)NC1CCCC1N1CCC(O)CC1. The fourth-order valence-corrected chi connectivity index (χ4v) is 4.00. The van der Waals surface area contributed by atoms with Crippen LogP contribution in [0.5, 0.6) is 0 Å². The maximum absolute atomic E-state index is 12.2. The quantitative estimate of drug-likeness (QED) is 0.729. The maximum Gasteiger partial charge on any atom is 0.223 e. The second-order valence-electron chi connectivity index (χ2n) is 7.01. The maximum atomic E-state index is 12.2. The molecule has 138 valence electrons. The molecule has 1 saturated carbocycles. The minimum Gasteiger partial charge on any atom is -0.393 e. The first-order chi connectivity index (χ1) is 11.5. The van der Waals surface area contributed by atoms with Crippen LogP contribution in [0.15, 0.2) is 0 Å². The van der Waals surface area contributed by atoms with E-state index in [2.05, 4.69) is 10.2 Å². The minimum atomic E-state index is -0.165. The summed E-state index contributed by atoms with van der Waals surface area (Å²) in [6, 6.07) is 0.580. The molecule has 6 nitrogen and oxygen atoms in total. The van der Waals surface area contributed by atoms with E-state index in [1.54, 1.807) is 4.90 Å². The fraction of sp³-hybridized carbons (Fsp3) is 0.889. The Labute approximate surface area is 145 Å². The molecule has 2 rings (SSSR count). The summed E-state index contributed by atoms with van der Waals surface area (Å²) in [5, 5.41) is 12.8. The van der Waals surface area contributed by atoms with Crippen LogP contribution in [0.4, 0.5) is 0 Å². The third kappa shape index (κ3) is 5.18. The van der Waals surface area contributed by atoms with Crippen LogP contribution < -0.4 is 5.32 Å². The van der Waals surface area contributed by atoms with Gasteiger partial charge in [0.2, 0.25) is 11.8 Å². The number of aliphatic hydroxyl groups excluding tert-OH is 1. The van der Waals surface area contributed by atoms with Gasteiger partial charge in [0.05, 0.1) is 6.10 Å². The molecule has 0 bridgehead atoms. The zero-order valence-corrected chi connectivity index (χ0v) is 15.2. The normalized spacial score (nSPS) is 25.6. The molecule has 1 heterocycles. The molecule has 2 atom stereocenters. The summed E-state index contributed by atoms with van der Waals surface area (Å²) in [4.78, 5) is 28.4. The van der Waals surface area contributed by atoms with Gasteiger partial charge in [0, 0.05) is 51.1 Å². The van der Waals surface area contributed by atoms with Crippen LogP contribution >= 0.6 is 0 Å². The lowest BCUT2D eigenvalue weighted by molar-refractivity contribution is -0.133. The van der Waals surface area contributed by atoms with Gasteiger partial charge in [-0.05, 0) is 46.0 Å². The predicted octanol–water partition coefficient (Wildman–Crippen LogP) is 1.13. The smallest absolute Gasteiger partial charge is 0.223 e. The second-order valence-corrected chi connectivity index (χ2v) is 7.01. The first-order valence-corrected chi connectivity index (χ1v) is 9.54. The van der Waals surface area contributed by atoms with Crippen LogP contribution in [-0.2, 0) is 9.59 Å². The molecule has 6 heteroatoms. The van der Waals surface area contributed by atoms with Crippen LogP contribution in [0.25, 0.3) is 0 Å². The molecule has 0 spiro atoms. The summed E-state index contributed by atoms with van der Waals surface area (Å²) in [6.45, 7) is 7.14. The topological polar surface area (TPSA) is 72.9 Å². The van der Waals surface area contributed by atoms with E-state index in [0.717, 1.165) is 45.2 Å². The summed E-state index contributed by atoms with van der Waals surface area (Å²) in [5.41, 5.74) is 0. The van der Waals surface area contributed by atoms with Crippen molar-refractivity contribution in [3.05, 3.63) is 0 Å². The largest absolute Gasteiger partial charge is 0.393 e. The van der Waals surface area contributed by atoms with Crippen molar-refractivity contribution in [3.8, 4) is 0 Å². The van der Waals surface area contributed by atoms with Crippen LogP contribution in [0.3, 0.4) is 0 Å². The van der Waals surface area contributed by atoms with Crippen molar-refractivity contribution in [1.82, 2.24) is 15.1 Å². The molecule has 2 amide bonds. The van der Waals surface area contributed by atoms with Crippen molar-refractivity contribution in [1.29, 1.82) is 0 Å². The lowest BCUT2D eigenvalue weighted by atomic mass is 10.0. The van der Waals surface area contributed by atoms with Crippen LogP contribution in [0, 0.1) is 0 Å². The third-order valence-corrected chi connectivity index (χ3v) is 5.48. The Morgan fingerprint density at radius 3 is 2.38 bits per heavy atom. The average molecular weight is 339 g/mol. The molecule has 1 aliphatic heterocycles. The summed E-state index contributed by atoms with van der Waals surface area (Å²) in [7, 11) is 0. The van der Waals surface area contributed by atoms with Gasteiger partial charge in [-0.3, -0.25) is 14.5 Å². The number of carbonyl (C=O) groups excluding carboxylic acids is 2. The van der Waals surface area contributed by atoms with Gasteiger partial charge in [0.25, 0.3) is 0 Å². The highest BCUT2D eigenvalue weighted by Crippen LogP contribution is 2.27. The Morgan fingerprint density at radius 1 is 1.08 bits per heavy atom. The van der Waals surface area contributed by atoms with Gasteiger partial charge >= 0.3 is 0 Å². The standard InChI is InChI=1S/C18H33N3O3/c1-3-20(4-2)18(24)9-8-17(23)19-15-6-5-7-16(15)21-12-10-14(22)11-13-21/h14-16,22H,3-13H2,1-2H3,(H,19,23). The summed E-state index contributed by atoms with van der Waals surface area (Å²) in [5.74, 6) is 0.0487. The number of rotatable bonds is 7. The van der Waals surface area contributed by atoms with Crippen LogP contribution in [-0.4, -0.2) is 71.1 Å². The molecule has 2 fully saturated rings. The van der Waals surface area contributed by atoms with Crippen molar-refractivity contribution in [2.24, 2.45) is 0 Å². The predicted molar refractivity (Wildman–Crippen MR) is 93.5 cm³/mol. The van der Waals surface area contributed by atoms with Gasteiger partial charge in [-0.15, -0.1) is 0 Å². The van der Waals surface area contributed by atoms with Gasteiger partial charge in [-0.2, -0.15) is 0 Å². The van der Waals surface area contributed by atoms with E-state index in [-0.39, 0.29) is 30.4 Å². The first-order valence-electron chi connectivity index (χ1n) is 9.54. The first kappa shape index (κ1) is 19.2. The molecule has 2 N–H and O–H groups in total. The van der Waals surface area contributed by atoms with E-state index >= 15 is 0 Å². The van der Waals surface area contributed by atoms with E-state index in [0.29, 0.717) is 25.6 Å². The summed E-state index contributed by atoms with van der Waals surface area (Å²) < 4.78 is 0. The molecule has 0 aromatic carbocycles. The van der Waals surface area contributed by atoms with Gasteiger partial charge < -0.3 is 15.3 Å². The molecule has 0 aromatic rings. The van der Waals surface area contributed by atoms with Gasteiger partial charge in [0.1, 0.15) is 0 Å². The van der Waals surface area contributed by atoms with Crippen molar-refractivity contribution < 1.29 is 14.7 Å². The summed E-state index contributed by atoms with van der Waals surface area (Å²) >= 11 is 0. The number of hydrogen-bond acceptors (Lipinski definition) is 4.